The van der Waals surface area contributed by atoms with E-state index in [2.05, 4.69) is 5.32 Å². The van der Waals surface area contributed by atoms with E-state index in [1.165, 1.54) is 0 Å². The van der Waals surface area contributed by atoms with Crippen molar-refractivity contribution >= 4 is 28.8 Å². The Morgan fingerprint density at radius 1 is 1.43 bits per heavy atom. The Hall–Kier alpha value is -2.13. The zero-order chi connectivity index (χ0) is 15.2. The maximum atomic E-state index is 12.3. The van der Waals surface area contributed by atoms with Gasteiger partial charge in [-0.05, 0) is 25.0 Å². The normalized spacial score (nSPS) is 15.1. The number of likely N-dealkylation sites (tertiary alicyclic amines) is 1. The highest BCUT2D eigenvalue weighted by Crippen LogP contribution is 2.24. The Morgan fingerprint density at radius 3 is 2.71 bits per heavy atom. The standard InChI is InChI=1S/C15H17N3O2S/c1-20-13-7-3-2-6-12(13)17-14(21)11(10-16)15(19)18-8-4-5-9-18/h2-3,6-7,11H,4-5,8-9H2,1H3,(H,17,21). The lowest BCUT2D eigenvalue weighted by molar-refractivity contribution is -0.130. The lowest BCUT2D eigenvalue weighted by Crippen LogP contribution is -2.38. The molecule has 0 saturated carbocycles. The molecule has 1 N–H and O–H groups in total. The smallest absolute Gasteiger partial charge is 0.246 e. The predicted molar refractivity (Wildman–Crippen MR) is 84.1 cm³/mol. The second kappa shape index (κ2) is 7.04. The molecule has 1 fully saturated rings. The van der Waals surface area contributed by atoms with Crippen LogP contribution in [0.2, 0.25) is 0 Å². The Morgan fingerprint density at radius 2 is 2.10 bits per heavy atom. The van der Waals surface area contributed by atoms with E-state index in [4.69, 9.17) is 17.0 Å². The Labute approximate surface area is 129 Å². The van der Waals surface area contributed by atoms with Crippen LogP contribution in [0.1, 0.15) is 12.8 Å². The molecule has 1 atom stereocenters. The number of ether oxygens (including phenoxy) is 1. The molecule has 1 saturated heterocycles. The Kier molecular flexibility index (Phi) is 5.12. The van der Waals surface area contributed by atoms with Gasteiger partial charge in [0.1, 0.15) is 10.7 Å². The number of anilines is 1. The molecule has 1 aliphatic rings. The highest BCUT2D eigenvalue weighted by atomic mass is 32.1. The highest BCUT2D eigenvalue weighted by Gasteiger charge is 2.29. The summed E-state index contributed by atoms with van der Waals surface area (Å²) >= 11 is 5.24. The second-order valence-electron chi connectivity index (χ2n) is 4.78. The van der Waals surface area contributed by atoms with Crippen molar-refractivity contribution in [2.24, 2.45) is 5.92 Å². The number of methoxy groups -OCH3 is 1. The third kappa shape index (κ3) is 3.50. The van der Waals surface area contributed by atoms with E-state index in [-0.39, 0.29) is 10.9 Å². The van der Waals surface area contributed by atoms with Crippen molar-refractivity contribution in [2.75, 3.05) is 25.5 Å². The number of hydrogen-bond donors (Lipinski definition) is 1. The molecule has 1 unspecified atom stereocenters. The van der Waals surface area contributed by atoms with Crippen LogP contribution in [-0.2, 0) is 4.79 Å². The number of rotatable bonds is 4. The summed E-state index contributed by atoms with van der Waals surface area (Å²) in [6, 6.07) is 9.25. The van der Waals surface area contributed by atoms with Gasteiger partial charge in [-0.15, -0.1) is 0 Å². The third-order valence-corrected chi connectivity index (χ3v) is 3.76. The molecule has 1 aromatic rings. The first-order valence-corrected chi connectivity index (χ1v) is 7.20. The van der Waals surface area contributed by atoms with E-state index in [0.29, 0.717) is 24.5 Å². The van der Waals surface area contributed by atoms with Crippen molar-refractivity contribution in [3.8, 4) is 11.8 Å². The Bertz CT molecular complexity index is 577. The first kappa shape index (κ1) is 15.3. The summed E-state index contributed by atoms with van der Waals surface area (Å²) in [5, 5.41) is 12.2. The summed E-state index contributed by atoms with van der Waals surface area (Å²) in [6.45, 7) is 1.41. The zero-order valence-corrected chi connectivity index (χ0v) is 12.7. The maximum absolute atomic E-state index is 12.3. The maximum Gasteiger partial charge on any atom is 0.246 e. The average molecular weight is 303 g/mol. The summed E-state index contributed by atoms with van der Waals surface area (Å²) in [6.07, 6.45) is 1.97. The fraction of sp³-hybridized carbons (Fsp3) is 0.400. The van der Waals surface area contributed by atoms with Gasteiger partial charge >= 0.3 is 0 Å². The van der Waals surface area contributed by atoms with Crippen LogP contribution in [0.25, 0.3) is 0 Å². The number of nitrogens with one attached hydrogen (secondary N) is 1. The number of amides is 1. The van der Waals surface area contributed by atoms with E-state index < -0.39 is 5.92 Å². The molecule has 1 amide bonds. The van der Waals surface area contributed by atoms with Crippen molar-refractivity contribution in [2.45, 2.75) is 12.8 Å². The Balaban J connectivity index is 2.10. The van der Waals surface area contributed by atoms with E-state index in [1.54, 1.807) is 24.1 Å². The molecule has 1 aromatic carbocycles. The van der Waals surface area contributed by atoms with Gasteiger partial charge in [0.2, 0.25) is 5.91 Å². The molecule has 0 aromatic heterocycles. The molecule has 0 aliphatic carbocycles. The van der Waals surface area contributed by atoms with Gasteiger partial charge in [0.15, 0.2) is 5.92 Å². The molecule has 5 nitrogen and oxygen atoms in total. The molecule has 6 heteroatoms. The van der Waals surface area contributed by atoms with Crippen molar-refractivity contribution in [3.05, 3.63) is 24.3 Å². The molecule has 1 heterocycles. The largest absolute Gasteiger partial charge is 0.495 e. The van der Waals surface area contributed by atoms with Crippen LogP contribution in [0, 0.1) is 17.2 Å². The van der Waals surface area contributed by atoms with Crippen LogP contribution in [0.15, 0.2) is 24.3 Å². The fourth-order valence-electron chi connectivity index (χ4n) is 2.30. The average Bonchev–Trinajstić information content (AvgIpc) is 3.02. The molecular weight excluding hydrogens is 286 g/mol. The van der Waals surface area contributed by atoms with Gasteiger partial charge in [0.05, 0.1) is 18.9 Å². The summed E-state index contributed by atoms with van der Waals surface area (Å²) in [5.41, 5.74) is 0.652. The minimum Gasteiger partial charge on any atom is -0.495 e. The van der Waals surface area contributed by atoms with Gasteiger partial charge in [-0.3, -0.25) is 4.79 Å². The van der Waals surface area contributed by atoms with Crippen LogP contribution < -0.4 is 10.1 Å². The molecule has 0 radical (unpaired) electrons. The van der Waals surface area contributed by atoms with Gasteiger partial charge in [0.25, 0.3) is 0 Å². The molecule has 21 heavy (non-hydrogen) atoms. The second-order valence-corrected chi connectivity index (χ2v) is 5.22. The monoisotopic (exact) mass is 303 g/mol. The van der Waals surface area contributed by atoms with Crippen LogP contribution in [0.4, 0.5) is 5.69 Å². The van der Waals surface area contributed by atoms with E-state index in [1.807, 2.05) is 18.2 Å². The third-order valence-electron chi connectivity index (χ3n) is 3.42. The fourth-order valence-corrected chi connectivity index (χ4v) is 2.56. The van der Waals surface area contributed by atoms with Crippen molar-refractivity contribution in [1.82, 2.24) is 4.90 Å². The number of thiocarbonyl (C=S) groups is 1. The topological polar surface area (TPSA) is 65.4 Å². The van der Waals surface area contributed by atoms with Gasteiger partial charge in [0, 0.05) is 13.1 Å². The summed E-state index contributed by atoms with van der Waals surface area (Å²) < 4.78 is 5.22. The first-order valence-electron chi connectivity index (χ1n) is 6.79. The van der Waals surface area contributed by atoms with Gasteiger partial charge < -0.3 is 15.0 Å². The van der Waals surface area contributed by atoms with Gasteiger partial charge in [-0.25, -0.2) is 0 Å². The van der Waals surface area contributed by atoms with Crippen molar-refractivity contribution < 1.29 is 9.53 Å². The van der Waals surface area contributed by atoms with Crippen molar-refractivity contribution in [3.63, 3.8) is 0 Å². The van der Waals surface area contributed by atoms with Crippen LogP contribution in [0.3, 0.4) is 0 Å². The number of carbonyl (C=O) groups is 1. The molecule has 110 valence electrons. The summed E-state index contributed by atoms with van der Waals surface area (Å²) in [4.78, 5) is 14.2. The van der Waals surface area contributed by atoms with E-state index in [9.17, 15) is 10.1 Å². The van der Waals surface area contributed by atoms with Gasteiger partial charge in [-0.1, -0.05) is 24.4 Å². The highest BCUT2D eigenvalue weighted by molar-refractivity contribution is 7.80. The molecule has 0 bridgehead atoms. The van der Waals surface area contributed by atoms with Crippen LogP contribution in [-0.4, -0.2) is 36.0 Å². The summed E-state index contributed by atoms with van der Waals surface area (Å²) in [7, 11) is 1.56. The van der Waals surface area contributed by atoms with Crippen LogP contribution >= 0.6 is 12.2 Å². The minimum absolute atomic E-state index is 0.207. The number of para-hydroxylation sites is 2. The number of carbonyl (C=O) groups excluding carboxylic acids is 1. The quantitative estimate of drug-likeness (QED) is 0.864. The molecule has 0 spiro atoms. The lowest BCUT2D eigenvalue weighted by Gasteiger charge is -2.20. The predicted octanol–water partition coefficient (Wildman–Crippen LogP) is 2.20. The number of nitrogens with zero attached hydrogens (tertiary/aromatic N) is 2. The number of nitriles is 1. The summed E-state index contributed by atoms with van der Waals surface area (Å²) in [5.74, 6) is -0.560. The van der Waals surface area contributed by atoms with E-state index >= 15 is 0 Å². The first-order chi connectivity index (χ1) is 10.2. The minimum atomic E-state index is -0.956. The number of benzene rings is 1. The lowest BCUT2D eigenvalue weighted by atomic mass is 10.1. The SMILES string of the molecule is COc1ccccc1NC(=S)C(C#N)C(=O)N1CCCC1. The molecule has 2 rings (SSSR count). The van der Waals surface area contributed by atoms with E-state index in [0.717, 1.165) is 12.8 Å². The molecule has 1 aliphatic heterocycles. The van der Waals surface area contributed by atoms with Crippen LogP contribution in [0.5, 0.6) is 5.75 Å². The van der Waals surface area contributed by atoms with Crippen molar-refractivity contribution in [1.29, 1.82) is 5.26 Å². The number of hydrogen-bond acceptors (Lipinski definition) is 4. The zero-order valence-electron chi connectivity index (χ0n) is 11.8. The molecular formula is C15H17N3O2S. The van der Waals surface area contributed by atoms with Gasteiger partial charge in [-0.2, -0.15) is 5.26 Å².